The number of carboxylic acids is 2. The molecule has 0 aromatic rings. The van der Waals surface area contributed by atoms with Gasteiger partial charge in [-0.15, -0.1) is 0 Å². The molecule has 25 heavy (non-hydrogen) atoms. The molecular weight excluding hydrogens is 503 g/mol. The Hall–Kier alpha value is -0.972. The Kier molecular flexibility index (Phi) is 14.7. The number of hydrogen-bond acceptors (Lipinski definition) is 4. The number of nitrogens with two attached hydrogens (primary N) is 2. The second-order valence-electron chi connectivity index (χ2n) is 6.25. The summed E-state index contributed by atoms with van der Waals surface area (Å²) in [5, 5.41) is 16.7. The van der Waals surface area contributed by atoms with Crippen LogP contribution in [0.15, 0.2) is 23.3 Å². The average molecular weight is 535 g/mol. The van der Waals surface area contributed by atoms with E-state index in [1.807, 2.05) is 0 Å². The molecule has 0 spiro atoms. The van der Waals surface area contributed by atoms with Crippen LogP contribution in [0.25, 0.3) is 0 Å². The van der Waals surface area contributed by atoms with Gasteiger partial charge in [0.25, 0.3) is 0 Å². The first kappa shape index (κ1) is 24.0. The van der Waals surface area contributed by atoms with Gasteiger partial charge < -0.3 is 15.9 Å². The summed E-state index contributed by atoms with van der Waals surface area (Å²) in [5.74, 6) is -1.50. The molecule has 3 aliphatic carbocycles. The van der Waals surface area contributed by atoms with Crippen molar-refractivity contribution in [3.8, 4) is 0 Å². The van der Waals surface area contributed by atoms with Gasteiger partial charge in [0.1, 0.15) is 0 Å². The predicted molar refractivity (Wildman–Crippen MR) is 94.4 cm³/mol. The van der Waals surface area contributed by atoms with Crippen molar-refractivity contribution in [2.45, 2.75) is 76.7 Å². The fourth-order valence-electron chi connectivity index (χ4n) is 2.86. The number of carbonyl (C=O) groups is 2. The average Bonchev–Trinajstić information content (AvgIpc) is 3.32. The molecule has 1 saturated carbocycles. The summed E-state index contributed by atoms with van der Waals surface area (Å²) in [7, 11) is 0. The molecule has 0 atom stereocenters. The van der Waals surface area contributed by atoms with Gasteiger partial charge in [-0.2, -0.15) is 0 Å². The third kappa shape index (κ3) is 12.1. The summed E-state index contributed by atoms with van der Waals surface area (Å²) >= 11 is 1.64. The summed E-state index contributed by atoms with van der Waals surface area (Å²) in [6.07, 6.45) is 15.7. The molecular formula is C18H31N2O4Pt. The third-order valence-corrected chi connectivity index (χ3v) is 4.28. The van der Waals surface area contributed by atoms with E-state index in [4.69, 9.17) is 15.9 Å². The van der Waals surface area contributed by atoms with Crippen LogP contribution in [0.4, 0.5) is 0 Å². The van der Waals surface area contributed by atoms with Crippen molar-refractivity contribution < 1.29 is 39.9 Å². The van der Waals surface area contributed by atoms with Crippen LogP contribution in [0.2, 0.25) is 0 Å². The summed E-state index contributed by atoms with van der Waals surface area (Å²) in [5.41, 5.74) is 6.81. The van der Waals surface area contributed by atoms with Crippen molar-refractivity contribution in [2.75, 3.05) is 0 Å². The van der Waals surface area contributed by atoms with Crippen LogP contribution in [0.1, 0.15) is 70.6 Å². The van der Waals surface area contributed by atoms with Crippen LogP contribution in [-0.2, 0) is 29.7 Å². The van der Waals surface area contributed by atoms with Crippen LogP contribution in [0.3, 0.4) is 0 Å². The SMILES string of the molecule is NC1CCCCC1.O=C(O)C1=CCCC1.O=C(O)C1=CCCC1.[NH2][Pt]. The zero-order valence-electron chi connectivity index (χ0n) is 14.7. The van der Waals surface area contributed by atoms with Gasteiger partial charge in [-0.25, -0.2) is 9.59 Å². The molecule has 0 saturated heterocycles. The molecule has 0 aromatic heterocycles. The maximum atomic E-state index is 10.1. The number of carboxylic acid groups (broad SMARTS) is 2. The minimum absolute atomic E-state index is 0.536. The van der Waals surface area contributed by atoms with Crippen molar-refractivity contribution in [3.63, 3.8) is 0 Å². The standard InChI is InChI=1S/C6H13N.2C6H8O2.H2N.Pt/c7-6-4-2-1-3-5-6;2*7-6(8)5-3-1-2-4-5;;/h6H,1-5,7H2;2*3H,1-2,4H2,(H,7,8);1H2;/q;;;-1;+1. The molecule has 6 N–H and O–H groups in total. The van der Waals surface area contributed by atoms with Gasteiger partial charge in [-0.1, -0.05) is 31.4 Å². The Labute approximate surface area is 161 Å². The van der Waals surface area contributed by atoms with Gasteiger partial charge in [0.15, 0.2) is 0 Å². The van der Waals surface area contributed by atoms with E-state index in [1.165, 1.54) is 32.1 Å². The Morgan fingerprint density at radius 2 is 1.24 bits per heavy atom. The molecule has 0 amide bonds. The monoisotopic (exact) mass is 534 g/mol. The predicted octanol–water partition coefficient (Wildman–Crippen LogP) is 3.05. The zero-order valence-corrected chi connectivity index (χ0v) is 17.0. The van der Waals surface area contributed by atoms with Gasteiger partial charge in [0, 0.05) is 17.2 Å². The molecule has 0 radical (unpaired) electrons. The maximum absolute atomic E-state index is 10.1. The molecule has 3 aliphatic rings. The molecule has 0 aromatic carbocycles. The molecule has 0 bridgehead atoms. The van der Waals surface area contributed by atoms with Gasteiger partial charge in [0.05, 0.1) is 0 Å². The molecule has 1 fully saturated rings. The van der Waals surface area contributed by atoms with E-state index < -0.39 is 11.9 Å². The number of aliphatic carboxylic acids is 2. The summed E-state index contributed by atoms with van der Waals surface area (Å²) in [6, 6.07) is 0.536. The topological polar surface area (TPSA) is 127 Å². The number of rotatable bonds is 2. The number of hydrogen-bond donors (Lipinski definition) is 4. The summed E-state index contributed by atoms with van der Waals surface area (Å²) in [6.45, 7) is 0. The summed E-state index contributed by atoms with van der Waals surface area (Å²) < 4.78 is 4.47. The molecule has 7 heteroatoms. The van der Waals surface area contributed by atoms with Gasteiger partial charge in [0.2, 0.25) is 0 Å². The Bertz CT molecular complexity index is 424. The van der Waals surface area contributed by atoms with Crippen molar-refractivity contribution in [3.05, 3.63) is 23.3 Å². The molecule has 0 unspecified atom stereocenters. The first-order valence-corrected chi connectivity index (χ1v) is 10.1. The molecule has 0 heterocycles. The minimum atomic E-state index is -0.748. The summed E-state index contributed by atoms with van der Waals surface area (Å²) in [4.78, 5) is 20.3. The zero-order chi connectivity index (χ0) is 19.1. The van der Waals surface area contributed by atoms with Crippen LogP contribution in [0.5, 0.6) is 0 Å². The normalized spacial score (nSPS) is 19.0. The van der Waals surface area contributed by atoms with Crippen LogP contribution < -0.4 is 10.0 Å². The third-order valence-electron chi connectivity index (χ3n) is 4.28. The first-order chi connectivity index (χ1) is 12.0. The van der Waals surface area contributed by atoms with Gasteiger partial charge in [-0.3, -0.25) is 0 Å². The van der Waals surface area contributed by atoms with Crippen LogP contribution in [-0.4, -0.2) is 28.2 Å². The van der Waals surface area contributed by atoms with E-state index in [-0.39, 0.29) is 0 Å². The molecule has 0 aliphatic heterocycles. The van der Waals surface area contributed by atoms with E-state index in [2.05, 4.69) is 4.29 Å². The van der Waals surface area contributed by atoms with E-state index in [0.29, 0.717) is 17.2 Å². The van der Waals surface area contributed by atoms with Crippen LogP contribution in [0, 0.1) is 0 Å². The van der Waals surface area contributed by atoms with Crippen molar-refractivity contribution in [1.29, 1.82) is 0 Å². The van der Waals surface area contributed by atoms with Gasteiger partial charge in [-0.05, 0) is 51.4 Å². The van der Waals surface area contributed by atoms with E-state index in [0.717, 1.165) is 38.5 Å². The second-order valence-corrected chi connectivity index (χ2v) is 6.25. The fraction of sp³-hybridized carbons (Fsp3) is 0.667. The molecule has 3 rings (SSSR count). The quantitative estimate of drug-likeness (QED) is 0.432. The van der Waals surface area contributed by atoms with E-state index in [1.54, 1.807) is 32.2 Å². The Morgan fingerprint density at radius 3 is 1.40 bits per heavy atom. The number of allylic oxidation sites excluding steroid dienone is 2. The fourth-order valence-corrected chi connectivity index (χ4v) is 2.86. The van der Waals surface area contributed by atoms with E-state index in [9.17, 15) is 9.59 Å². The molecule has 6 nitrogen and oxygen atoms in total. The Morgan fingerprint density at radius 1 is 0.840 bits per heavy atom. The van der Waals surface area contributed by atoms with Gasteiger partial charge >= 0.3 is 36.3 Å². The van der Waals surface area contributed by atoms with Crippen LogP contribution >= 0.6 is 0 Å². The van der Waals surface area contributed by atoms with Crippen molar-refractivity contribution >= 4 is 11.9 Å². The molecule has 147 valence electrons. The van der Waals surface area contributed by atoms with E-state index >= 15 is 0 Å². The van der Waals surface area contributed by atoms with Crippen molar-refractivity contribution in [2.24, 2.45) is 10.0 Å². The second kappa shape index (κ2) is 15.3. The first-order valence-electron chi connectivity index (χ1n) is 8.79. The van der Waals surface area contributed by atoms with Crippen molar-refractivity contribution in [1.82, 2.24) is 0 Å². The Balaban J connectivity index is 0.000000330.